The van der Waals surface area contributed by atoms with Crippen LogP contribution in [0.15, 0.2) is 65.8 Å². The maximum absolute atomic E-state index is 12.9. The smallest absolute Gasteiger partial charge is 0.274 e. The van der Waals surface area contributed by atoms with Gasteiger partial charge in [-0.2, -0.15) is 5.10 Å². The van der Waals surface area contributed by atoms with E-state index in [1.54, 1.807) is 4.90 Å². The molecule has 0 fully saturated rings. The quantitative estimate of drug-likeness (QED) is 0.943. The van der Waals surface area contributed by atoms with E-state index >= 15 is 0 Å². The predicted molar refractivity (Wildman–Crippen MR) is 88.9 cm³/mol. The second kappa shape index (κ2) is 6.87. The lowest BCUT2D eigenvalue weighted by Gasteiger charge is -2.24. The van der Waals surface area contributed by atoms with Crippen LogP contribution >= 0.6 is 0 Å². The van der Waals surface area contributed by atoms with Crippen LogP contribution in [0.3, 0.4) is 0 Å². The Balaban J connectivity index is 1.89. The van der Waals surface area contributed by atoms with Gasteiger partial charge in [-0.05, 0) is 17.7 Å². The molecule has 0 radical (unpaired) electrons. The van der Waals surface area contributed by atoms with Crippen LogP contribution in [0.25, 0.3) is 0 Å². The molecule has 0 atom stereocenters. The standard InChI is InChI=1S/C18H17N3O2/c22-17-12-11-16(19-20-17)18(23)21(15-9-5-2-6-10-15)13-14-7-3-1-4-8-14/h1-10H,11-13H2,(H,20,22). The fraction of sp³-hybridized carbons (Fsp3) is 0.167. The summed E-state index contributed by atoms with van der Waals surface area (Å²) in [6, 6.07) is 19.3. The summed E-state index contributed by atoms with van der Waals surface area (Å²) in [5.74, 6) is -0.337. The number of carbonyl (C=O) groups is 2. The maximum Gasteiger partial charge on any atom is 0.274 e. The number of amides is 2. The van der Waals surface area contributed by atoms with E-state index < -0.39 is 0 Å². The zero-order valence-electron chi connectivity index (χ0n) is 12.6. The normalized spacial score (nSPS) is 13.9. The van der Waals surface area contributed by atoms with Gasteiger partial charge >= 0.3 is 0 Å². The third kappa shape index (κ3) is 3.63. The summed E-state index contributed by atoms with van der Waals surface area (Å²) in [6.45, 7) is 0.455. The molecule has 0 aromatic heterocycles. The Morgan fingerprint density at radius 1 is 1.00 bits per heavy atom. The highest BCUT2D eigenvalue weighted by Crippen LogP contribution is 2.18. The Morgan fingerprint density at radius 2 is 1.65 bits per heavy atom. The lowest BCUT2D eigenvalue weighted by molar-refractivity contribution is -0.121. The molecule has 1 heterocycles. The van der Waals surface area contributed by atoms with Crippen LogP contribution in [0.2, 0.25) is 0 Å². The molecule has 0 spiro atoms. The van der Waals surface area contributed by atoms with Crippen molar-refractivity contribution in [1.29, 1.82) is 0 Å². The van der Waals surface area contributed by atoms with Crippen molar-refractivity contribution < 1.29 is 9.59 Å². The van der Waals surface area contributed by atoms with Crippen LogP contribution < -0.4 is 10.3 Å². The highest BCUT2D eigenvalue weighted by Gasteiger charge is 2.24. The van der Waals surface area contributed by atoms with Crippen LogP contribution in [-0.4, -0.2) is 17.5 Å². The molecule has 1 N–H and O–H groups in total. The van der Waals surface area contributed by atoms with Gasteiger partial charge < -0.3 is 4.90 Å². The van der Waals surface area contributed by atoms with Crippen molar-refractivity contribution in [3.8, 4) is 0 Å². The Morgan fingerprint density at radius 3 is 2.26 bits per heavy atom. The first-order chi connectivity index (χ1) is 11.2. The molecule has 0 unspecified atom stereocenters. The van der Waals surface area contributed by atoms with Crippen LogP contribution in [0.5, 0.6) is 0 Å². The Hall–Kier alpha value is -2.95. The molecule has 0 saturated carbocycles. The van der Waals surface area contributed by atoms with E-state index in [4.69, 9.17) is 0 Å². The molecule has 2 aromatic carbocycles. The minimum atomic E-state index is -0.181. The molecule has 116 valence electrons. The third-order valence-corrected chi connectivity index (χ3v) is 3.65. The van der Waals surface area contributed by atoms with Gasteiger partial charge in [0.15, 0.2) is 0 Å². The SMILES string of the molecule is O=C1CCC(C(=O)N(Cc2ccccc2)c2ccccc2)=NN1. The molecule has 5 heteroatoms. The van der Waals surface area contributed by atoms with E-state index in [1.807, 2.05) is 60.7 Å². The molecule has 5 nitrogen and oxygen atoms in total. The molecule has 23 heavy (non-hydrogen) atoms. The zero-order valence-corrected chi connectivity index (χ0v) is 12.6. The van der Waals surface area contributed by atoms with E-state index in [-0.39, 0.29) is 11.8 Å². The van der Waals surface area contributed by atoms with Gasteiger partial charge in [-0.3, -0.25) is 9.59 Å². The Kier molecular flexibility index (Phi) is 4.47. The summed E-state index contributed by atoms with van der Waals surface area (Å²) in [5, 5.41) is 3.92. The van der Waals surface area contributed by atoms with Crippen molar-refractivity contribution in [2.24, 2.45) is 5.10 Å². The fourth-order valence-corrected chi connectivity index (χ4v) is 2.44. The lowest BCUT2D eigenvalue weighted by atomic mass is 10.1. The molecule has 0 bridgehead atoms. The van der Waals surface area contributed by atoms with Gasteiger partial charge in [-0.15, -0.1) is 0 Å². The molecule has 1 aliphatic rings. The molecule has 2 amide bonds. The van der Waals surface area contributed by atoms with Gasteiger partial charge in [0.2, 0.25) is 5.91 Å². The first-order valence-electron chi connectivity index (χ1n) is 7.50. The number of hydrogen-bond acceptors (Lipinski definition) is 3. The summed E-state index contributed by atoms with van der Waals surface area (Å²) in [6.07, 6.45) is 0.654. The van der Waals surface area contributed by atoms with Crippen molar-refractivity contribution >= 4 is 23.2 Å². The average molecular weight is 307 g/mol. The number of hydrogen-bond donors (Lipinski definition) is 1. The van der Waals surface area contributed by atoms with Crippen LogP contribution in [-0.2, 0) is 16.1 Å². The monoisotopic (exact) mass is 307 g/mol. The minimum Gasteiger partial charge on any atom is -0.303 e. The van der Waals surface area contributed by atoms with E-state index in [0.717, 1.165) is 11.3 Å². The zero-order chi connectivity index (χ0) is 16.1. The maximum atomic E-state index is 12.9. The van der Waals surface area contributed by atoms with Gasteiger partial charge in [0.05, 0.1) is 6.54 Å². The van der Waals surface area contributed by atoms with Gasteiger partial charge in [-0.1, -0.05) is 48.5 Å². The van der Waals surface area contributed by atoms with Crippen LogP contribution in [0, 0.1) is 0 Å². The van der Waals surface area contributed by atoms with Crippen LogP contribution in [0.4, 0.5) is 5.69 Å². The number of nitrogens with zero attached hydrogens (tertiary/aromatic N) is 2. The second-order valence-electron chi connectivity index (χ2n) is 5.31. The summed E-state index contributed by atoms with van der Waals surface area (Å²) in [7, 11) is 0. The summed E-state index contributed by atoms with van der Waals surface area (Å²) >= 11 is 0. The molecule has 0 saturated heterocycles. The average Bonchev–Trinajstić information content (AvgIpc) is 2.61. The van der Waals surface area contributed by atoms with E-state index in [2.05, 4.69) is 10.5 Å². The molecule has 2 aromatic rings. The van der Waals surface area contributed by atoms with Gasteiger partial charge in [0.1, 0.15) is 5.71 Å². The largest absolute Gasteiger partial charge is 0.303 e. The number of carbonyl (C=O) groups excluding carboxylic acids is 2. The van der Waals surface area contributed by atoms with Gasteiger partial charge in [0, 0.05) is 18.5 Å². The number of rotatable bonds is 4. The topological polar surface area (TPSA) is 61.8 Å². The summed E-state index contributed by atoms with van der Waals surface area (Å²) < 4.78 is 0. The van der Waals surface area contributed by atoms with E-state index in [0.29, 0.717) is 25.1 Å². The molecular weight excluding hydrogens is 290 g/mol. The third-order valence-electron chi connectivity index (χ3n) is 3.65. The summed E-state index contributed by atoms with van der Waals surface area (Å²) in [4.78, 5) is 25.8. The van der Waals surface area contributed by atoms with Crippen molar-refractivity contribution in [1.82, 2.24) is 5.43 Å². The first-order valence-corrected chi connectivity index (χ1v) is 7.50. The second-order valence-corrected chi connectivity index (χ2v) is 5.31. The Bertz CT molecular complexity index is 726. The van der Waals surface area contributed by atoms with Gasteiger partial charge in [-0.25, -0.2) is 5.43 Å². The van der Waals surface area contributed by atoms with Crippen molar-refractivity contribution in [2.75, 3.05) is 4.90 Å². The number of benzene rings is 2. The first kappa shape index (κ1) is 15.0. The highest BCUT2D eigenvalue weighted by molar-refractivity contribution is 6.44. The molecule has 1 aliphatic heterocycles. The minimum absolute atomic E-state index is 0.157. The number of anilines is 1. The van der Waals surface area contributed by atoms with Crippen molar-refractivity contribution in [3.63, 3.8) is 0 Å². The van der Waals surface area contributed by atoms with Crippen molar-refractivity contribution in [2.45, 2.75) is 19.4 Å². The summed E-state index contributed by atoms with van der Waals surface area (Å²) in [5.41, 5.74) is 4.60. The lowest BCUT2D eigenvalue weighted by Crippen LogP contribution is -2.40. The Labute approximate surface area is 134 Å². The van der Waals surface area contributed by atoms with Gasteiger partial charge in [0.25, 0.3) is 5.91 Å². The van der Waals surface area contributed by atoms with E-state index in [1.165, 1.54) is 0 Å². The van der Waals surface area contributed by atoms with E-state index in [9.17, 15) is 9.59 Å². The highest BCUT2D eigenvalue weighted by atomic mass is 16.2. The molecule has 0 aliphatic carbocycles. The molecular formula is C18H17N3O2. The number of nitrogens with one attached hydrogen (secondary N) is 1. The van der Waals surface area contributed by atoms with Crippen molar-refractivity contribution in [3.05, 3.63) is 66.2 Å². The molecule has 3 rings (SSSR count). The van der Waals surface area contributed by atoms with Crippen LogP contribution in [0.1, 0.15) is 18.4 Å². The number of para-hydroxylation sites is 1. The fourth-order valence-electron chi connectivity index (χ4n) is 2.44. The number of hydrazone groups is 1. The predicted octanol–water partition coefficient (Wildman–Crippen LogP) is 2.49.